The van der Waals surface area contributed by atoms with Crippen molar-refractivity contribution >= 4 is 5.97 Å². The first-order valence-electron chi connectivity index (χ1n) is 5.95. The average molecular weight is 238 g/mol. The van der Waals surface area contributed by atoms with E-state index in [-0.39, 0.29) is 12.0 Å². The molecule has 1 atom stereocenters. The quantitative estimate of drug-likeness (QED) is 0.747. The first-order chi connectivity index (χ1) is 8.20. The zero-order chi connectivity index (χ0) is 12.3. The molecule has 0 saturated carbocycles. The number of aromatic nitrogens is 1. The summed E-state index contributed by atoms with van der Waals surface area (Å²) in [6.07, 6.45) is 3.05. The number of esters is 1. The Morgan fingerprint density at radius 1 is 1.65 bits per heavy atom. The van der Waals surface area contributed by atoms with Crippen molar-refractivity contribution in [3.8, 4) is 0 Å². The average Bonchev–Trinajstić information content (AvgIpc) is 2.74. The number of carbonyl (C=O) groups is 1. The number of hydrogen-bond donors (Lipinski definition) is 0. The molecule has 1 aromatic heterocycles. The van der Waals surface area contributed by atoms with Crippen molar-refractivity contribution in [1.29, 1.82) is 0 Å². The second kappa shape index (κ2) is 5.31. The molecule has 1 aliphatic heterocycles. The Balaban J connectivity index is 2.03. The second-order valence-corrected chi connectivity index (χ2v) is 4.44. The Bertz CT molecular complexity index is 389. The van der Waals surface area contributed by atoms with Gasteiger partial charge in [0.05, 0.1) is 19.3 Å². The minimum absolute atomic E-state index is 0.140. The fourth-order valence-electron chi connectivity index (χ4n) is 2.27. The number of nitrogens with zero attached hydrogens (tertiary/aromatic N) is 2. The number of aryl methyl sites for hydroxylation is 1. The molecule has 2 heterocycles. The van der Waals surface area contributed by atoms with Crippen molar-refractivity contribution in [2.24, 2.45) is 0 Å². The number of ether oxygens (including phenoxy) is 1. The Morgan fingerprint density at radius 2 is 2.47 bits per heavy atom. The van der Waals surface area contributed by atoms with Gasteiger partial charge in [0.2, 0.25) is 0 Å². The van der Waals surface area contributed by atoms with E-state index in [0.29, 0.717) is 6.54 Å². The lowest BCUT2D eigenvalue weighted by Crippen LogP contribution is -2.44. The summed E-state index contributed by atoms with van der Waals surface area (Å²) in [5.41, 5.74) is 0.867. The topological polar surface area (TPSA) is 55.6 Å². The number of hydrogen-bond acceptors (Lipinski definition) is 5. The number of piperidine rings is 1. The van der Waals surface area contributed by atoms with Gasteiger partial charge in [-0.05, 0) is 26.3 Å². The van der Waals surface area contributed by atoms with Gasteiger partial charge in [-0.1, -0.05) is 11.6 Å². The number of rotatable bonds is 3. The molecule has 0 amide bonds. The predicted octanol–water partition coefficient (Wildman–Crippen LogP) is 1.51. The largest absolute Gasteiger partial charge is 0.468 e. The van der Waals surface area contributed by atoms with E-state index in [0.717, 1.165) is 37.3 Å². The van der Waals surface area contributed by atoms with Gasteiger partial charge in [0.1, 0.15) is 6.04 Å². The highest BCUT2D eigenvalue weighted by Crippen LogP contribution is 2.20. The zero-order valence-electron chi connectivity index (χ0n) is 10.3. The van der Waals surface area contributed by atoms with Crippen LogP contribution in [0.4, 0.5) is 0 Å². The molecule has 94 valence electrons. The van der Waals surface area contributed by atoms with Crippen LogP contribution in [-0.2, 0) is 16.1 Å². The van der Waals surface area contributed by atoms with Gasteiger partial charge >= 0.3 is 5.97 Å². The van der Waals surface area contributed by atoms with Gasteiger partial charge in [-0.2, -0.15) is 0 Å². The summed E-state index contributed by atoms with van der Waals surface area (Å²) >= 11 is 0. The van der Waals surface area contributed by atoms with E-state index in [2.05, 4.69) is 10.1 Å². The van der Waals surface area contributed by atoms with Crippen LogP contribution >= 0.6 is 0 Å². The van der Waals surface area contributed by atoms with Crippen molar-refractivity contribution in [3.05, 3.63) is 17.5 Å². The van der Waals surface area contributed by atoms with Crippen molar-refractivity contribution in [1.82, 2.24) is 10.1 Å². The normalized spacial score (nSPS) is 21.4. The minimum Gasteiger partial charge on any atom is -0.468 e. The Kier molecular flexibility index (Phi) is 3.78. The van der Waals surface area contributed by atoms with Gasteiger partial charge in [0, 0.05) is 6.07 Å². The van der Waals surface area contributed by atoms with Crippen LogP contribution in [0.3, 0.4) is 0 Å². The molecule has 0 radical (unpaired) electrons. The molecule has 5 heteroatoms. The standard InChI is InChI=1S/C12H18N2O3/c1-9-7-10(17-13-9)8-14-6-4-3-5-11(14)12(15)16-2/h7,11H,3-6,8H2,1-2H3/t11-/m1/s1. The maximum Gasteiger partial charge on any atom is 0.323 e. The Morgan fingerprint density at radius 3 is 3.12 bits per heavy atom. The summed E-state index contributed by atoms with van der Waals surface area (Å²) < 4.78 is 10.0. The zero-order valence-corrected chi connectivity index (χ0v) is 10.3. The van der Waals surface area contributed by atoms with Crippen molar-refractivity contribution in [2.75, 3.05) is 13.7 Å². The molecule has 1 aromatic rings. The first kappa shape index (κ1) is 12.1. The third kappa shape index (κ3) is 2.85. The lowest BCUT2D eigenvalue weighted by molar-refractivity contribution is -0.148. The number of likely N-dealkylation sites (tertiary alicyclic amines) is 1. The molecule has 0 N–H and O–H groups in total. The van der Waals surface area contributed by atoms with E-state index in [4.69, 9.17) is 9.26 Å². The molecule has 1 fully saturated rings. The highest BCUT2D eigenvalue weighted by Gasteiger charge is 2.30. The smallest absolute Gasteiger partial charge is 0.323 e. The maximum atomic E-state index is 11.7. The van der Waals surface area contributed by atoms with Crippen LogP contribution in [-0.4, -0.2) is 35.7 Å². The molecule has 1 aliphatic rings. The van der Waals surface area contributed by atoms with E-state index in [1.165, 1.54) is 7.11 Å². The van der Waals surface area contributed by atoms with E-state index >= 15 is 0 Å². The van der Waals surface area contributed by atoms with Crippen LogP contribution in [0.1, 0.15) is 30.7 Å². The third-order valence-electron chi connectivity index (χ3n) is 3.12. The molecule has 17 heavy (non-hydrogen) atoms. The van der Waals surface area contributed by atoms with Gasteiger partial charge in [-0.15, -0.1) is 0 Å². The predicted molar refractivity (Wildman–Crippen MR) is 61.3 cm³/mol. The van der Waals surface area contributed by atoms with E-state index in [9.17, 15) is 4.79 Å². The van der Waals surface area contributed by atoms with Crippen molar-refractivity contribution in [3.63, 3.8) is 0 Å². The molecule has 5 nitrogen and oxygen atoms in total. The van der Waals surface area contributed by atoms with Crippen LogP contribution in [0.2, 0.25) is 0 Å². The van der Waals surface area contributed by atoms with Gasteiger partial charge < -0.3 is 9.26 Å². The van der Waals surface area contributed by atoms with Gasteiger partial charge in [0.25, 0.3) is 0 Å². The first-order valence-corrected chi connectivity index (χ1v) is 5.95. The van der Waals surface area contributed by atoms with E-state index in [1.807, 2.05) is 13.0 Å². The van der Waals surface area contributed by atoms with Crippen LogP contribution < -0.4 is 0 Å². The fourth-order valence-corrected chi connectivity index (χ4v) is 2.27. The minimum atomic E-state index is -0.152. The summed E-state index contributed by atoms with van der Waals surface area (Å²) in [7, 11) is 1.44. The lowest BCUT2D eigenvalue weighted by atomic mass is 10.0. The Hall–Kier alpha value is -1.36. The molecule has 0 aromatic carbocycles. The van der Waals surface area contributed by atoms with E-state index < -0.39 is 0 Å². The second-order valence-electron chi connectivity index (χ2n) is 4.44. The maximum absolute atomic E-state index is 11.7. The molecule has 1 saturated heterocycles. The van der Waals surface area contributed by atoms with Crippen LogP contribution in [0, 0.1) is 6.92 Å². The van der Waals surface area contributed by atoms with Crippen LogP contribution in [0.5, 0.6) is 0 Å². The molecular weight excluding hydrogens is 220 g/mol. The van der Waals surface area contributed by atoms with Gasteiger partial charge in [0.15, 0.2) is 5.76 Å². The molecular formula is C12H18N2O3. The third-order valence-corrected chi connectivity index (χ3v) is 3.12. The summed E-state index contributed by atoms with van der Waals surface area (Å²) in [4.78, 5) is 13.8. The van der Waals surface area contributed by atoms with Crippen LogP contribution in [0.25, 0.3) is 0 Å². The number of carbonyl (C=O) groups excluding carboxylic acids is 1. The van der Waals surface area contributed by atoms with Gasteiger partial charge in [-0.25, -0.2) is 0 Å². The lowest BCUT2D eigenvalue weighted by Gasteiger charge is -2.32. The highest BCUT2D eigenvalue weighted by molar-refractivity contribution is 5.75. The Labute approximate surface area is 101 Å². The fraction of sp³-hybridized carbons (Fsp3) is 0.667. The molecule has 0 spiro atoms. The monoisotopic (exact) mass is 238 g/mol. The van der Waals surface area contributed by atoms with Crippen molar-refractivity contribution < 1.29 is 14.1 Å². The highest BCUT2D eigenvalue weighted by atomic mass is 16.5. The SMILES string of the molecule is COC(=O)[C@H]1CCCCN1Cc1cc(C)no1. The summed E-state index contributed by atoms with van der Waals surface area (Å²) in [6, 6.07) is 1.77. The molecule has 0 bridgehead atoms. The number of methoxy groups -OCH3 is 1. The molecule has 0 aliphatic carbocycles. The molecule has 2 rings (SSSR count). The van der Waals surface area contributed by atoms with E-state index in [1.54, 1.807) is 0 Å². The van der Waals surface area contributed by atoms with Crippen LogP contribution in [0.15, 0.2) is 10.6 Å². The summed E-state index contributed by atoms with van der Waals surface area (Å²) in [6.45, 7) is 3.42. The van der Waals surface area contributed by atoms with Gasteiger partial charge in [-0.3, -0.25) is 9.69 Å². The molecule has 0 unspecified atom stereocenters. The van der Waals surface area contributed by atoms with Crippen molar-refractivity contribution in [2.45, 2.75) is 38.8 Å². The summed E-state index contributed by atoms with van der Waals surface area (Å²) in [5.74, 6) is 0.652. The summed E-state index contributed by atoms with van der Waals surface area (Å²) in [5, 5.41) is 3.85.